The lowest BCUT2D eigenvalue weighted by Gasteiger charge is -2.42. The molecule has 2 aliphatic heterocycles. The molecule has 2 aromatic carbocycles. The van der Waals surface area contributed by atoms with Crippen LogP contribution < -0.4 is 0 Å². The monoisotopic (exact) mass is 669 g/mol. The van der Waals surface area contributed by atoms with Crippen molar-refractivity contribution in [2.45, 2.75) is 63.8 Å². The van der Waals surface area contributed by atoms with Gasteiger partial charge in [-0.25, -0.2) is 0 Å². The maximum atomic E-state index is 13.8. The molecule has 14 heteroatoms. The zero-order valence-electron chi connectivity index (χ0n) is 26.0. The van der Waals surface area contributed by atoms with Gasteiger partial charge in [0.2, 0.25) is 17.7 Å². The first-order valence-corrected chi connectivity index (χ1v) is 15.3. The molecular weight excluding hydrogens is 632 g/mol. The van der Waals surface area contributed by atoms with Gasteiger partial charge in [-0.2, -0.15) is 26.3 Å². The molecule has 0 aliphatic carbocycles. The number of benzene rings is 2. The molecule has 2 heterocycles. The van der Waals surface area contributed by atoms with Gasteiger partial charge in [0.1, 0.15) is 0 Å². The molecule has 1 unspecified atom stereocenters. The Balaban J connectivity index is 1.50. The van der Waals surface area contributed by atoms with E-state index in [1.54, 1.807) is 15.9 Å². The minimum atomic E-state index is -5.01. The molecule has 2 atom stereocenters. The molecule has 0 aromatic heterocycles. The van der Waals surface area contributed by atoms with Crippen LogP contribution in [-0.4, -0.2) is 76.7 Å². The van der Waals surface area contributed by atoms with Gasteiger partial charge in [-0.3, -0.25) is 19.2 Å². The number of nitrogens with zero attached hydrogens (tertiary/aromatic N) is 3. The molecule has 2 aromatic rings. The van der Waals surface area contributed by atoms with Gasteiger partial charge in [0.15, 0.2) is 0 Å². The Labute approximate surface area is 268 Å². The number of piperidine rings is 2. The highest BCUT2D eigenvalue weighted by atomic mass is 19.4. The predicted molar refractivity (Wildman–Crippen MR) is 158 cm³/mol. The van der Waals surface area contributed by atoms with Crippen molar-refractivity contribution in [2.75, 3.05) is 33.2 Å². The molecule has 2 saturated heterocycles. The first-order valence-electron chi connectivity index (χ1n) is 15.3. The van der Waals surface area contributed by atoms with Crippen molar-refractivity contribution in [3.63, 3.8) is 0 Å². The molecule has 0 bridgehead atoms. The van der Waals surface area contributed by atoms with Gasteiger partial charge < -0.3 is 19.8 Å². The summed E-state index contributed by atoms with van der Waals surface area (Å²) in [6.07, 6.45) is -9.36. The van der Waals surface area contributed by atoms with Gasteiger partial charge in [-0.15, -0.1) is 0 Å². The summed E-state index contributed by atoms with van der Waals surface area (Å²) in [5.41, 5.74) is -1.54. The van der Waals surface area contributed by atoms with Crippen molar-refractivity contribution in [1.29, 1.82) is 0 Å². The summed E-state index contributed by atoms with van der Waals surface area (Å²) in [5.74, 6) is -3.45. The van der Waals surface area contributed by atoms with Crippen molar-refractivity contribution < 1.29 is 50.6 Å². The zero-order chi connectivity index (χ0) is 34.7. The molecule has 256 valence electrons. The Morgan fingerprint density at radius 3 is 1.98 bits per heavy atom. The number of carboxylic acid groups (broad SMARTS) is 1. The first kappa shape index (κ1) is 35.7. The standard InChI is InChI=1S/C33H37F6N3O5/c1-20-5-3-4-6-25(20)27-19-42(30(46)22-9-12-41(13-10-22)28(43)7-8-29(44)45)14-11-26(27)31(47)40(2)18-21-15-23(32(34,35)36)17-24(16-21)33(37,38)39/h3-6,15-17,22,26-27H,7-14,18-19H2,1-2H3,(H,44,45)/t26?,27-/m1/s1. The van der Waals surface area contributed by atoms with E-state index in [4.69, 9.17) is 5.11 Å². The van der Waals surface area contributed by atoms with E-state index in [1.165, 1.54) is 7.05 Å². The lowest BCUT2D eigenvalue weighted by atomic mass is 9.77. The Hall–Kier alpha value is -4.10. The summed E-state index contributed by atoms with van der Waals surface area (Å²) in [5, 5.41) is 8.84. The summed E-state index contributed by atoms with van der Waals surface area (Å²) >= 11 is 0. The van der Waals surface area contributed by atoms with Crippen LogP contribution in [0.15, 0.2) is 42.5 Å². The summed E-state index contributed by atoms with van der Waals surface area (Å²) in [4.78, 5) is 55.0. The van der Waals surface area contributed by atoms with Crippen LogP contribution in [0.4, 0.5) is 26.3 Å². The normalized spacial score (nSPS) is 19.4. The van der Waals surface area contributed by atoms with Crippen LogP contribution >= 0.6 is 0 Å². The molecule has 0 radical (unpaired) electrons. The van der Waals surface area contributed by atoms with Crippen molar-refractivity contribution in [3.05, 3.63) is 70.3 Å². The molecule has 3 amide bonds. The van der Waals surface area contributed by atoms with Crippen molar-refractivity contribution >= 4 is 23.7 Å². The van der Waals surface area contributed by atoms with E-state index in [0.29, 0.717) is 38.1 Å². The Bertz CT molecular complexity index is 1450. The highest BCUT2D eigenvalue weighted by Crippen LogP contribution is 2.39. The fourth-order valence-corrected chi connectivity index (χ4v) is 6.52. The smallest absolute Gasteiger partial charge is 0.416 e. The van der Waals surface area contributed by atoms with Crippen LogP contribution in [0.3, 0.4) is 0 Å². The fourth-order valence-electron chi connectivity index (χ4n) is 6.52. The molecule has 0 saturated carbocycles. The van der Waals surface area contributed by atoms with Gasteiger partial charge in [-0.05, 0) is 61.1 Å². The molecule has 2 fully saturated rings. The maximum Gasteiger partial charge on any atom is 0.416 e. The molecule has 4 rings (SSSR count). The van der Waals surface area contributed by atoms with Crippen LogP contribution in [0.5, 0.6) is 0 Å². The quantitative estimate of drug-likeness (QED) is 0.363. The Morgan fingerprint density at radius 2 is 1.43 bits per heavy atom. The van der Waals surface area contributed by atoms with Crippen molar-refractivity contribution in [1.82, 2.24) is 14.7 Å². The van der Waals surface area contributed by atoms with Crippen LogP contribution in [0.1, 0.15) is 65.8 Å². The third kappa shape index (κ3) is 8.83. The lowest BCUT2D eigenvalue weighted by Crippen LogP contribution is -2.50. The number of alkyl halides is 6. The van der Waals surface area contributed by atoms with Crippen molar-refractivity contribution in [3.8, 4) is 0 Å². The molecule has 1 N–H and O–H groups in total. The average Bonchev–Trinajstić information content (AvgIpc) is 3.02. The van der Waals surface area contributed by atoms with E-state index in [-0.39, 0.29) is 61.7 Å². The largest absolute Gasteiger partial charge is 0.481 e. The van der Waals surface area contributed by atoms with Gasteiger partial charge >= 0.3 is 18.3 Å². The molecule has 0 spiro atoms. The SMILES string of the molecule is Cc1ccccc1[C@H]1CN(C(=O)C2CCN(C(=O)CCC(=O)O)CC2)CCC1C(=O)N(C)Cc1cc(C(F)(F)F)cc(C(F)(F)F)c1. The van der Waals surface area contributed by atoms with Crippen molar-refractivity contribution in [2.24, 2.45) is 11.8 Å². The second-order valence-corrected chi connectivity index (χ2v) is 12.3. The lowest BCUT2D eigenvalue weighted by molar-refractivity contribution is -0.146. The maximum absolute atomic E-state index is 13.8. The van der Waals surface area contributed by atoms with E-state index in [0.717, 1.165) is 16.0 Å². The number of carboxylic acids is 1. The third-order valence-electron chi connectivity index (χ3n) is 9.02. The van der Waals surface area contributed by atoms with Crippen LogP contribution in [0.2, 0.25) is 0 Å². The van der Waals surface area contributed by atoms with E-state index < -0.39 is 53.7 Å². The number of carbonyl (C=O) groups excluding carboxylic acids is 3. The molecule has 47 heavy (non-hydrogen) atoms. The molecule has 2 aliphatic rings. The van der Waals surface area contributed by atoms with Crippen LogP contribution in [-0.2, 0) is 38.1 Å². The number of hydrogen-bond acceptors (Lipinski definition) is 4. The van der Waals surface area contributed by atoms with E-state index in [1.807, 2.05) is 25.1 Å². The number of likely N-dealkylation sites (tertiary alicyclic amines) is 2. The second-order valence-electron chi connectivity index (χ2n) is 12.3. The van der Waals surface area contributed by atoms with E-state index >= 15 is 0 Å². The summed E-state index contributed by atoms with van der Waals surface area (Å²) in [7, 11) is 1.34. The van der Waals surface area contributed by atoms with Gasteiger partial charge in [0, 0.05) is 63.9 Å². The van der Waals surface area contributed by atoms with Gasteiger partial charge in [0.25, 0.3) is 0 Å². The number of aliphatic carboxylic acids is 1. The summed E-state index contributed by atoms with van der Waals surface area (Å²) in [6.45, 7) is 2.44. The summed E-state index contributed by atoms with van der Waals surface area (Å²) < 4.78 is 80.6. The molecular formula is C33H37F6N3O5. The zero-order valence-corrected chi connectivity index (χ0v) is 26.0. The third-order valence-corrected chi connectivity index (χ3v) is 9.02. The Morgan fingerprint density at radius 1 is 0.851 bits per heavy atom. The number of amides is 3. The number of hydrogen-bond donors (Lipinski definition) is 1. The highest BCUT2D eigenvalue weighted by molar-refractivity contribution is 5.83. The predicted octanol–water partition coefficient (Wildman–Crippen LogP) is 5.73. The average molecular weight is 670 g/mol. The Kier molecular flexibility index (Phi) is 10.9. The van der Waals surface area contributed by atoms with Gasteiger partial charge in [-0.1, -0.05) is 24.3 Å². The minimum Gasteiger partial charge on any atom is -0.481 e. The number of carbonyl (C=O) groups is 4. The van der Waals surface area contributed by atoms with Crippen LogP contribution in [0, 0.1) is 18.8 Å². The topological polar surface area (TPSA) is 98.2 Å². The number of rotatable bonds is 8. The number of halogens is 6. The number of aryl methyl sites for hydroxylation is 1. The molecule has 8 nitrogen and oxygen atoms in total. The fraction of sp³-hybridized carbons (Fsp3) is 0.515. The van der Waals surface area contributed by atoms with Gasteiger partial charge in [0.05, 0.1) is 17.5 Å². The van der Waals surface area contributed by atoms with E-state index in [2.05, 4.69) is 0 Å². The first-order chi connectivity index (χ1) is 22.0. The summed E-state index contributed by atoms with van der Waals surface area (Å²) in [6, 6.07) is 8.61. The van der Waals surface area contributed by atoms with Crippen LogP contribution in [0.25, 0.3) is 0 Å². The minimum absolute atomic E-state index is 0.0490. The second kappa shape index (κ2) is 14.3. The van der Waals surface area contributed by atoms with E-state index in [9.17, 15) is 45.5 Å². The highest BCUT2D eigenvalue weighted by Gasteiger charge is 2.41.